The predicted molar refractivity (Wildman–Crippen MR) is 66.5 cm³/mol. The molecule has 1 aromatic carbocycles. The molecule has 0 atom stereocenters. The molecule has 0 aliphatic heterocycles. The molecule has 1 rings (SSSR count). The molecule has 4 nitrogen and oxygen atoms in total. The van der Waals surface area contributed by atoms with Crippen molar-refractivity contribution < 1.29 is 14.6 Å². The van der Waals surface area contributed by atoms with Gasteiger partial charge in [0, 0.05) is 0 Å². The van der Waals surface area contributed by atoms with Gasteiger partial charge >= 0.3 is 0 Å². The number of benzene rings is 1. The second-order valence-electron chi connectivity index (χ2n) is 3.64. The molecule has 0 unspecified atom stereocenters. The van der Waals surface area contributed by atoms with Gasteiger partial charge in [0.25, 0.3) is 5.91 Å². The smallest absolute Gasteiger partial charge is 0.255 e. The van der Waals surface area contributed by atoms with E-state index in [-0.39, 0.29) is 13.2 Å². The van der Waals surface area contributed by atoms with Gasteiger partial charge in [0.1, 0.15) is 5.75 Å². The molecule has 0 heterocycles. The molecule has 0 saturated carbocycles. The lowest BCUT2D eigenvalue weighted by atomic mass is 10.1. The number of hydrogen-bond donors (Lipinski definition) is 2. The van der Waals surface area contributed by atoms with Crippen LogP contribution in [0.3, 0.4) is 0 Å². The van der Waals surface area contributed by atoms with E-state index in [2.05, 4.69) is 0 Å². The first-order valence-corrected chi connectivity index (χ1v) is 5.47. The van der Waals surface area contributed by atoms with Crippen molar-refractivity contribution in [1.29, 1.82) is 0 Å². The Morgan fingerprint density at radius 2 is 2.06 bits per heavy atom. The summed E-state index contributed by atoms with van der Waals surface area (Å²) in [6.45, 7) is 1.94. The predicted octanol–water partition coefficient (Wildman–Crippen LogP) is 1.34. The van der Waals surface area contributed by atoms with Crippen LogP contribution in [0.5, 0.6) is 5.75 Å². The normalized spacial score (nSPS) is 11.3. The number of carbonyl (C=O) groups is 1. The molecule has 92 valence electrons. The van der Waals surface area contributed by atoms with Crippen LogP contribution < -0.4 is 10.5 Å². The summed E-state index contributed by atoms with van der Waals surface area (Å²) in [5, 5.41) is 9.04. The van der Waals surface area contributed by atoms with Crippen molar-refractivity contribution in [3.63, 3.8) is 0 Å². The van der Waals surface area contributed by atoms with E-state index >= 15 is 0 Å². The van der Waals surface area contributed by atoms with Gasteiger partial charge in [-0.05, 0) is 29.7 Å². The van der Waals surface area contributed by atoms with Crippen LogP contribution in [0.2, 0.25) is 0 Å². The molecule has 17 heavy (non-hydrogen) atoms. The fourth-order valence-corrected chi connectivity index (χ4v) is 1.31. The zero-order chi connectivity index (χ0) is 12.7. The third kappa shape index (κ3) is 4.70. The van der Waals surface area contributed by atoms with E-state index in [9.17, 15) is 4.79 Å². The van der Waals surface area contributed by atoms with Crippen LogP contribution >= 0.6 is 0 Å². The highest BCUT2D eigenvalue weighted by Crippen LogP contribution is 2.15. The summed E-state index contributed by atoms with van der Waals surface area (Å²) in [5.41, 5.74) is 6.93. The van der Waals surface area contributed by atoms with Gasteiger partial charge in [-0.2, -0.15) is 0 Å². The van der Waals surface area contributed by atoms with E-state index in [1.807, 2.05) is 25.1 Å². The van der Waals surface area contributed by atoms with Crippen molar-refractivity contribution in [1.82, 2.24) is 0 Å². The lowest BCUT2D eigenvalue weighted by molar-refractivity contribution is -0.119. The highest BCUT2D eigenvalue weighted by atomic mass is 16.5. The summed E-state index contributed by atoms with van der Waals surface area (Å²) < 4.78 is 5.14. The molecule has 3 N–H and O–H groups in total. The average Bonchev–Trinajstić information content (AvgIpc) is 2.34. The molecule has 1 aromatic rings. The van der Waals surface area contributed by atoms with Crippen molar-refractivity contribution in [2.75, 3.05) is 13.2 Å². The molecule has 0 saturated heterocycles. The third-order valence-electron chi connectivity index (χ3n) is 2.29. The Morgan fingerprint density at radius 3 is 2.53 bits per heavy atom. The largest absolute Gasteiger partial charge is 0.484 e. The van der Waals surface area contributed by atoms with Gasteiger partial charge in [-0.25, -0.2) is 0 Å². The number of primary amides is 1. The fraction of sp³-hybridized carbons (Fsp3) is 0.308. The quantitative estimate of drug-likeness (QED) is 0.781. The Balaban J connectivity index is 2.67. The monoisotopic (exact) mass is 235 g/mol. The maximum absolute atomic E-state index is 10.5. The molecule has 0 fully saturated rings. The van der Waals surface area contributed by atoms with Crippen LogP contribution in [-0.4, -0.2) is 24.2 Å². The second kappa shape index (κ2) is 6.70. The first-order chi connectivity index (χ1) is 8.15. The zero-order valence-corrected chi connectivity index (χ0v) is 9.85. The van der Waals surface area contributed by atoms with Crippen LogP contribution in [0, 0.1) is 0 Å². The van der Waals surface area contributed by atoms with Gasteiger partial charge in [-0.3, -0.25) is 4.79 Å². The minimum Gasteiger partial charge on any atom is -0.484 e. The summed E-state index contributed by atoms with van der Waals surface area (Å²) in [6.07, 6.45) is 2.74. The minimum atomic E-state index is -0.498. The number of amides is 1. The Kier molecular flexibility index (Phi) is 5.23. The number of nitrogens with two attached hydrogens (primary N) is 1. The SMILES string of the molecule is CCC(=Cc1ccc(OCC(N)=O)cc1)CO. The maximum atomic E-state index is 10.5. The average molecular weight is 235 g/mol. The summed E-state index contributed by atoms with van der Waals surface area (Å²) >= 11 is 0. The molecule has 0 radical (unpaired) electrons. The summed E-state index contributed by atoms with van der Waals surface area (Å²) in [7, 11) is 0. The topological polar surface area (TPSA) is 72.5 Å². The summed E-state index contributed by atoms with van der Waals surface area (Å²) in [4.78, 5) is 10.5. The number of carbonyl (C=O) groups excluding carboxylic acids is 1. The van der Waals surface area contributed by atoms with Gasteiger partial charge < -0.3 is 15.6 Å². The highest BCUT2D eigenvalue weighted by molar-refractivity contribution is 5.75. The summed E-state index contributed by atoms with van der Waals surface area (Å²) in [5.74, 6) is 0.102. The van der Waals surface area contributed by atoms with Gasteiger partial charge in [0.05, 0.1) is 6.61 Å². The van der Waals surface area contributed by atoms with E-state index in [4.69, 9.17) is 15.6 Å². The molecule has 4 heteroatoms. The Bertz CT molecular complexity index is 390. The van der Waals surface area contributed by atoms with E-state index in [1.54, 1.807) is 12.1 Å². The van der Waals surface area contributed by atoms with Gasteiger partial charge in [-0.1, -0.05) is 25.1 Å². The molecule has 1 amide bonds. The van der Waals surface area contributed by atoms with Crippen LogP contribution in [0.4, 0.5) is 0 Å². The van der Waals surface area contributed by atoms with Crippen molar-refractivity contribution in [3.05, 3.63) is 35.4 Å². The lowest BCUT2D eigenvalue weighted by Crippen LogP contribution is -2.19. The van der Waals surface area contributed by atoms with E-state index in [0.717, 1.165) is 17.6 Å². The summed E-state index contributed by atoms with van der Waals surface area (Å²) in [6, 6.07) is 7.25. The number of aliphatic hydroxyl groups is 1. The van der Waals surface area contributed by atoms with Gasteiger partial charge in [-0.15, -0.1) is 0 Å². The zero-order valence-electron chi connectivity index (χ0n) is 9.85. The lowest BCUT2D eigenvalue weighted by Gasteiger charge is -2.04. The minimum absolute atomic E-state index is 0.0659. The highest BCUT2D eigenvalue weighted by Gasteiger charge is 1.98. The fourth-order valence-electron chi connectivity index (χ4n) is 1.31. The van der Waals surface area contributed by atoms with Crippen molar-refractivity contribution >= 4 is 12.0 Å². The molecule has 0 aliphatic carbocycles. The molecular formula is C13H17NO3. The number of rotatable bonds is 6. The Morgan fingerprint density at radius 1 is 1.41 bits per heavy atom. The van der Waals surface area contributed by atoms with E-state index < -0.39 is 5.91 Å². The standard InChI is InChI=1S/C13H17NO3/c1-2-10(8-15)7-11-3-5-12(6-4-11)17-9-13(14)16/h3-7,15H,2,8-9H2,1H3,(H2,14,16). The van der Waals surface area contributed by atoms with E-state index in [0.29, 0.717) is 5.75 Å². The number of ether oxygens (including phenoxy) is 1. The van der Waals surface area contributed by atoms with Crippen LogP contribution in [0.25, 0.3) is 6.08 Å². The van der Waals surface area contributed by atoms with Gasteiger partial charge in [0.15, 0.2) is 6.61 Å². The maximum Gasteiger partial charge on any atom is 0.255 e. The number of hydrogen-bond acceptors (Lipinski definition) is 3. The molecular weight excluding hydrogens is 218 g/mol. The van der Waals surface area contributed by atoms with Gasteiger partial charge in [0.2, 0.25) is 0 Å². The van der Waals surface area contributed by atoms with Crippen molar-refractivity contribution in [2.45, 2.75) is 13.3 Å². The van der Waals surface area contributed by atoms with E-state index in [1.165, 1.54) is 0 Å². The third-order valence-corrected chi connectivity index (χ3v) is 2.29. The molecule has 0 spiro atoms. The van der Waals surface area contributed by atoms with Crippen LogP contribution in [-0.2, 0) is 4.79 Å². The Labute approximate surface area is 101 Å². The molecule has 0 bridgehead atoms. The van der Waals surface area contributed by atoms with Crippen LogP contribution in [0.15, 0.2) is 29.8 Å². The van der Waals surface area contributed by atoms with Crippen molar-refractivity contribution in [3.8, 4) is 5.75 Å². The second-order valence-corrected chi connectivity index (χ2v) is 3.64. The number of aliphatic hydroxyl groups excluding tert-OH is 1. The molecule has 0 aliphatic rings. The Hall–Kier alpha value is -1.81. The first kappa shape index (κ1) is 13.3. The van der Waals surface area contributed by atoms with Crippen molar-refractivity contribution in [2.24, 2.45) is 5.73 Å². The first-order valence-electron chi connectivity index (χ1n) is 5.47. The molecule has 0 aromatic heterocycles. The van der Waals surface area contributed by atoms with Crippen LogP contribution in [0.1, 0.15) is 18.9 Å².